The number of hydrogen-bond donors (Lipinski definition) is 1. The van der Waals surface area contributed by atoms with Gasteiger partial charge in [0.05, 0.1) is 11.0 Å². The van der Waals surface area contributed by atoms with Crippen LogP contribution in [0.4, 0.5) is 0 Å². The molecule has 2 rings (SSSR count). The van der Waals surface area contributed by atoms with E-state index in [1.807, 2.05) is 0 Å². The number of sulfone groups is 1. The number of nitrogens with one attached hydrogen (secondary N) is 1. The van der Waals surface area contributed by atoms with Gasteiger partial charge in [0.25, 0.3) is 0 Å². The average Bonchev–Trinajstić information content (AvgIpc) is 2.43. The first kappa shape index (κ1) is 11.9. The minimum atomic E-state index is -2.94. The molecule has 1 atom stereocenters. The van der Waals surface area contributed by atoms with E-state index in [2.05, 4.69) is 5.32 Å². The first-order chi connectivity index (χ1) is 7.59. The molecule has 2 saturated heterocycles. The van der Waals surface area contributed by atoms with E-state index in [0.29, 0.717) is 32.5 Å². The number of rotatable bonds is 2. The predicted octanol–water partition coefficient (Wildman–Crippen LogP) is -0.614. The highest BCUT2D eigenvalue weighted by Crippen LogP contribution is 2.21. The van der Waals surface area contributed by atoms with E-state index in [4.69, 9.17) is 0 Å². The summed E-state index contributed by atoms with van der Waals surface area (Å²) in [5.74, 6) is 0.366. The van der Waals surface area contributed by atoms with Crippen molar-refractivity contribution in [3.63, 3.8) is 0 Å². The van der Waals surface area contributed by atoms with E-state index in [1.165, 1.54) is 0 Å². The third-order valence-corrected chi connectivity index (χ3v) is 5.57. The van der Waals surface area contributed by atoms with E-state index in [0.717, 1.165) is 13.0 Å². The van der Waals surface area contributed by atoms with Crippen LogP contribution in [0, 0.1) is 0 Å². The molecule has 1 N–H and O–H groups in total. The Labute approximate surface area is 96.1 Å². The van der Waals surface area contributed by atoms with Gasteiger partial charge in [0, 0.05) is 32.6 Å². The molecule has 1 unspecified atom stereocenters. The van der Waals surface area contributed by atoms with Crippen LogP contribution in [-0.2, 0) is 14.6 Å². The van der Waals surface area contributed by atoms with Gasteiger partial charge in [0.1, 0.15) is 0 Å². The normalized spacial score (nSPS) is 30.4. The second-order valence-corrected chi connectivity index (χ2v) is 6.87. The highest BCUT2D eigenvalue weighted by atomic mass is 32.2. The molecule has 0 aromatic carbocycles. The lowest BCUT2D eigenvalue weighted by Crippen LogP contribution is -2.40. The molecule has 92 valence electrons. The molecular weight excluding hydrogens is 228 g/mol. The highest BCUT2D eigenvalue weighted by molar-refractivity contribution is 7.92. The molecule has 0 aromatic rings. The Balaban J connectivity index is 2.00. The molecule has 0 radical (unpaired) electrons. The third-order valence-electron chi connectivity index (χ3n) is 3.31. The molecule has 16 heavy (non-hydrogen) atoms. The molecule has 5 nitrogen and oxygen atoms in total. The highest BCUT2D eigenvalue weighted by Gasteiger charge is 2.33. The summed E-state index contributed by atoms with van der Waals surface area (Å²) in [6.45, 7) is 2.49. The Morgan fingerprint density at radius 2 is 2.19 bits per heavy atom. The van der Waals surface area contributed by atoms with Gasteiger partial charge in [0.2, 0.25) is 5.91 Å². The molecule has 0 aromatic heterocycles. The summed E-state index contributed by atoms with van der Waals surface area (Å²) in [4.78, 5) is 13.4. The summed E-state index contributed by atoms with van der Waals surface area (Å²) in [5, 5.41) is 2.82. The predicted molar refractivity (Wildman–Crippen MR) is 60.9 cm³/mol. The maximum Gasteiger partial charge on any atom is 0.223 e. The molecule has 0 saturated carbocycles. The molecule has 2 aliphatic heterocycles. The number of nitrogens with zero attached hydrogens (tertiary/aromatic N) is 1. The zero-order chi connectivity index (χ0) is 11.6. The van der Waals surface area contributed by atoms with E-state index in [-0.39, 0.29) is 16.9 Å². The van der Waals surface area contributed by atoms with Crippen LogP contribution in [-0.4, -0.2) is 56.4 Å². The average molecular weight is 246 g/mol. The monoisotopic (exact) mass is 246 g/mol. The summed E-state index contributed by atoms with van der Waals surface area (Å²) in [6.07, 6.45) is 1.93. The van der Waals surface area contributed by atoms with Gasteiger partial charge in [-0.05, 0) is 12.8 Å². The number of carbonyl (C=O) groups is 1. The van der Waals surface area contributed by atoms with Gasteiger partial charge in [-0.15, -0.1) is 0 Å². The van der Waals surface area contributed by atoms with Gasteiger partial charge < -0.3 is 10.2 Å². The van der Waals surface area contributed by atoms with E-state index in [9.17, 15) is 13.2 Å². The molecule has 0 spiro atoms. The lowest BCUT2D eigenvalue weighted by atomic mass is 10.2. The quantitative estimate of drug-likeness (QED) is 0.705. The fourth-order valence-electron chi connectivity index (χ4n) is 2.32. The van der Waals surface area contributed by atoms with E-state index < -0.39 is 9.84 Å². The molecule has 0 aliphatic carbocycles. The minimum absolute atomic E-state index is 0.0760. The van der Waals surface area contributed by atoms with Crippen molar-refractivity contribution in [1.29, 1.82) is 0 Å². The third kappa shape index (κ3) is 2.55. The van der Waals surface area contributed by atoms with Crippen molar-refractivity contribution < 1.29 is 13.2 Å². The van der Waals surface area contributed by atoms with Crippen molar-refractivity contribution in [3.8, 4) is 0 Å². The Morgan fingerprint density at radius 3 is 2.88 bits per heavy atom. The summed E-state index contributed by atoms with van der Waals surface area (Å²) in [7, 11) is -2.94. The van der Waals surface area contributed by atoms with E-state index in [1.54, 1.807) is 4.90 Å². The van der Waals surface area contributed by atoms with Gasteiger partial charge in [-0.1, -0.05) is 0 Å². The van der Waals surface area contributed by atoms with Gasteiger partial charge in [-0.3, -0.25) is 4.79 Å². The second-order valence-electron chi connectivity index (χ2n) is 4.47. The summed E-state index contributed by atoms with van der Waals surface area (Å²) in [6, 6.07) is 0. The van der Waals surface area contributed by atoms with Crippen molar-refractivity contribution in [1.82, 2.24) is 10.2 Å². The largest absolute Gasteiger partial charge is 0.340 e. The standard InChI is InChI=1S/C10H18N2O3S/c13-10-3-4-11-5-6-12(10)8-9-2-1-7-16(9,14)15/h9,11H,1-8H2. The van der Waals surface area contributed by atoms with Gasteiger partial charge >= 0.3 is 0 Å². The van der Waals surface area contributed by atoms with Gasteiger partial charge in [-0.25, -0.2) is 8.42 Å². The van der Waals surface area contributed by atoms with Crippen LogP contribution in [0.1, 0.15) is 19.3 Å². The first-order valence-corrected chi connectivity index (χ1v) is 7.51. The summed E-state index contributed by atoms with van der Waals surface area (Å²) < 4.78 is 23.3. The van der Waals surface area contributed by atoms with E-state index >= 15 is 0 Å². The summed E-state index contributed by atoms with van der Waals surface area (Å²) in [5.41, 5.74) is 0. The van der Waals surface area contributed by atoms with Crippen LogP contribution in [0.25, 0.3) is 0 Å². The Kier molecular flexibility index (Phi) is 3.49. The maximum atomic E-state index is 11.7. The van der Waals surface area contributed by atoms with Crippen LogP contribution < -0.4 is 5.32 Å². The van der Waals surface area contributed by atoms with Crippen molar-refractivity contribution in [2.45, 2.75) is 24.5 Å². The molecule has 1 amide bonds. The number of amides is 1. The number of hydrogen-bond acceptors (Lipinski definition) is 4. The molecule has 2 aliphatic rings. The number of carbonyl (C=O) groups excluding carboxylic acids is 1. The topological polar surface area (TPSA) is 66.5 Å². The maximum absolute atomic E-state index is 11.7. The first-order valence-electron chi connectivity index (χ1n) is 5.80. The summed E-state index contributed by atoms with van der Waals surface area (Å²) >= 11 is 0. The van der Waals surface area contributed by atoms with Gasteiger partial charge in [0.15, 0.2) is 9.84 Å². The smallest absolute Gasteiger partial charge is 0.223 e. The van der Waals surface area contributed by atoms with Crippen molar-refractivity contribution in [2.75, 3.05) is 31.9 Å². The van der Waals surface area contributed by atoms with Crippen molar-refractivity contribution in [2.24, 2.45) is 0 Å². The second kappa shape index (κ2) is 4.71. The van der Waals surface area contributed by atoms with Crippen molar-refractivity contribution >= 4 is 15.7 Å². The van der Waals surface area contributed by atoms with Crippen LogP contribution >= 0.6 is 0 Å². The minimum Gasteiger partial charge on any atom is -0.340 e. The zero-order valence-corrected chi connectivity index (χ0v) is 10.1. The molecule has 0 bridgehead atoms. The van der Waals surface area contributed by atoms with Crippen LogP contribution in [0.15, 0.2) is 0 Å². The fourth-order valence-corrected chi connectivity index (χ4v) is 4.15. The Morgan fingerprint density at radius 1 is 1.38 bits per heavy atom. The van der Waals surface area contributed by atoms with Crippen LogP contribution in [0.3, 0.4) is 0 Å². The Hall–Kier alpha value is -0.620. The lowest BCUT2D eigenvalue weighted by Gasteiger charge is -2.23. The molecular formula is C10H18N2O3S. The van der Waals surface area contributed by atoms with Crippen LogP contribution in [0.2, 0.25) is 0 Å². The zero-order valence-electron chi connectivity index (χ0n) is 9.31. The molecule has 2 fully saturated rings. The fraction of sp³-hybridized carbons (Fsp3) is 0.900. The van der Waals surface area contributed by atoms with Crippen LogP contribution in [0.5, 0.6) is 0 Å². The lowest BCUT2D eigenvalue weighted by molar-refractivity contribution is -0.130. The van der Waals surface area contributed by atoms with Gasteiger partial charge in [-0.2, -0.15) is 0 Å². The van der Waals surface area contributed by atoms with Crippen molar-refractivity contribution in [3.05, 3.63) is 0 Å². The molecule has 6 heteroatoms. The SMILES string of the molecule is O=C1CCNCCN1CC1CCCS1(=O)=O. The molecule has 2 heterocycles. The Bertz CT molecular complexity index is 366.